The number of hydrogen-bond acceptors (Lipinski definition) is 1. The van der Waals surface area contributed by atoms with Gasteiger partial charge in [-0.15, -0.1) is 0 Å². The van der Waals surface area contributed by atoms with E-state index in [-0.39, 0.29) is 5.82 Å². The fourth-order valence-electron chi connectivity index (χ4n) is 2.91. The van der Waals surface area contributed by atoms with Crippen molar-refractivity contribution < 1.29 is 4.39 Å². The van der Waals surface area contributed by atoms with E-state index in [4.69, 9.17) is 0 Å². The topological polar surface area (TPSA) is 12.9 Å². The van der Waals surface area contributed by atoms with Crippen LogP contribution in [0.3, 0.4) is 0 Å². The first-order valence-electron chi connectivity index (χ1n) is 7.28. The molecule has 0 saturated carbocycles. The molecular weight excluding hydrogens is 273 g/mol. The average Bonchev–Trinajstić information content (AvgIpc) is 2.55. The summed E-state index contributed by atoms with van der Waals surface area (Å²) in [6.45, 7) is 2.06. The minimum atomic E-state index is -0.281. The predicted molar refractivity (Wildman–Crippen MR) is 89.4 cm³/mol. The third-order valence-electron chi connectivity index (χ3n) is 4.00. The highest BCUT2D eigenvalue weighted by molar-refractivity contribution is 6.09. The Hall–Kier alpha value is -2.74. The molecule has 0 bridgehead atoms. The number of pyridine rings is 1. The number of nitrogens with zero attached hydrogens (tertiary/aromatic N) is 1. The van der Waals surface area contributed by atoms with E-state index in [0.717, 1.165) is 27.4 Å². The molecule has 0 amide bonds. The molecule has 0 unspecified atom stereocenters. The maximum Gasteiger partial charge on any atom is 0.149 e. The lowest BCUT2D eigenvalue weighted by molar-refractivity contribution is 0.637. The number of halogens is 1. The van der Waals surface area contributed by atoms with Gasteiger partial charge in [0.15, 0.2) is 0 Å². The molecule has 22 heavy (non-hydrogen) atoms. The van der Waals surface area contributed by atoms with Crippen LogP contribution in [-0.4, -0.2) is 4.98 Å². The van der Waals surface area contributed by atoms with Crippen molar-refractivity contribution in [3.8, 4) is 11.1 Å². The Kier molecular flexibility index (Phi) is 2.90. The van der Waals surface area contributed by atoms with Crippen molar-refractivity contribution in [2.45, 2.75) is 6.92 Å². The Morgan fingerprint density at radius 2 is 1.50 bits per heavy atom. The van der Waals surface area contributed by atoms with Crippen LogP contribution in [0.4, 0.5) is 4.39 Å². The van der Waals surface area contributed by atoms with Crippen LogP contribution < -0.4 is 0 Å². The predicted octanol–water partition coefficient (Wildman–Crippen LogP) is 5.50. The highest BCUT2D eigenvalue weighted by Gasteiger charge is 2.13. The van der Waals surface area contributed by atoms with Crippen LogP contribution in [0.25, 0.3) is 32.9 Å². The average molecular weight is 287 g/mol. The summed E-state index contributed by atoms with van der Waals surface area (Å²) in [5.41, 5.74) is 4.57. The first-order chi connectivity index (χ1) is 10.7. The molecule has 0 fully saturated rings. The van der Waals surface area contributed by atoms with Crippen molar-refractivity contribution in [1.29, 1.82) is 0 Å². The normalized spacial score (nSPS) is 11.2. The van der Waals surface area contributed by atoms with Crippen LogP contribution in [0.15, 0.2) is 66.7 Å². The van der Waals surface area contributed by atoms with E-state index >= 15 is 0 Å². The third kappa shape index (κ3) is 1.96. The molecule has 4 rings (SSSR count). The van der Waals surface area contributed by atoms with E-state index < -0.39 is 0 Å². The standard InChI is InChI=1S/C20H14FN/c1-13-9-11-14(12-10-13)19-15-5-2-3-8-18(15)22-20-16(19)6-4-7-17(20)21/h2-12H,1H3. The highest BCUT2D eigenvalue weighted by Crippen LogP contribution is 2.35. The van der Waals surface area contributed by atoms with Gasteiger partial charge in [-0.2, -0.15) is 0 Å². The number of fused-ring (bicyclic) bond motifs is 2. The summed E-state index contributed by atoms with van der Waals surface area (Å²) >= 11 is 0. The fraction of sp³-hybridized carbons (Fsp3) is 0.0500. The summed E-state index contributed by atoms with van der Waals surface area (Å²) < 4.78 is 14.2. The highest BCUT2D eigenvalue weighted by atomic mass is 19.1. The summed E-state index contributed by atoms with van der Waals surface area (Å²) in [4.78, 5) is 4.51. The summed E-state index contributed by atoms with van der Waals surface area (Å²) in [5.74, 6) is -0.281. The van der Waals surface area contributed by atoms with Crippen molar-refractivity contribution in [3.05, 3.63) is 78.1 Å². The lowest BCUT2D eigenvalue weighted by Crippen LogP contribution is -1.91. The summed E-state index contributed by atoms with van der Waals surface area (Å²) in [7, 11) is 0. The Morgan fingerprint density at radius 3 is 2.32 bits per heavy atom. The molecule has 1 nitrogen and oxygen atoms in total. The van der Waals surface area contributed by atoms with Crippen LogP contribution in [0, 0.1) is 12.7 Å². The zero-order valence-electron chi connectivity index (χ0n) is 12.2. The van der Waals surface area contributed by atoms with Gasteiger partial charge >= 0.3 is 0 Å². The summed E-state index contributed by atoms with van der Waals surface area (Å²) in [5, 5.41) is 1.90. The Morgan fingerprint density at radius 1 is 0.773 bits per heavy atom. The number of rotatable bonds is 1. The SMILES string of the molecule is Cc1ccc(-c2c3ccccc3nc3c(F)cccc23)cc1. The second kappa shape index (κ2) is 4.92. The summed E-state index contributed by atoms with van der Waals surface area (Å²) in [6.07, 6.45) is 0. The van der Waals surface area contributed by atoms with E-state index in [9.17, 15) is 4.39 Å². The van der Waals surface area contributed by atoms with Gasteiger partial charge < -0.3 is 0 Å². The van der Waals surface area contributed by atoms with Crippen LogP contribution >= 0.6 is 0 Å². The lowest BCUT2D eigenvalue weighted by atomic mass is 9.95. The van der Waals surface area contributed by atoms with E-state index in [0.29, 0.717) is 5.52 Å². The fourth-order valence-corrected chi connectivity index (χ4v) is 2.91. The monoisotopic (exact) mass is 287 g/mol. The number of aryl methyl sites for hydroxylation is 1. The Bertz CT molecular complexity index is 988. The Labute approximate surface area is 128 Å². The third-order valence-corrected chi connectivity index (χ3v) is 4.00. The molecular formula is C20H14FN. The van der Waals surface area contributed by atoms with Gasteiger partial charge in [0.1, 0.15) is 11.3 Å². The van der Waals surface area contributed by atoms with Gasteiger partial charge in [-0.05, 0) is 24.6 Å². The quantitative estimate of drug-likeness (QED) is 0.421. The number of aromatic nitrogens is 1. The minimum absolute atomic E-state index is 0.281. The number of para-hydroxylation sites is 2. The van der Waals surface area contributed by atoms with E-state index in [2.05, 4.69) is 36.2 Å². The van der Waals surface area contributed by atoms with Crippen molar-refractivity contribution in [2.75, 3.05) is 0 Å². The maximum atomic E-state index is 14.2. The van der Waals surface area contributed by atoms with Gasteiger partial charge in [0.25, 0.3) is 0 Å². The number of hydrogen-bond donors (Lipinski definition) is 0. The molecule has 0 radical (unpaired) electrons. The zero-order valence-corrected chi connectivity index (χ0v) is 12.2. The van der Waals surface area contributed by atoms with Gasteiger partial charge in [-0.25, -0.2) is 9.37 Å². The van der Waals surface area contributed by atoms with Crippen molar-refractivity contribution >= 4 is 21.8 Å². The van der Waals surface area contributed by atoms with E-state index in [1.165, 1.54) is 11.6 Å². The molecule has 1 aromatic heterocycles. The van der Waals surface area contributed by atoms with Gasteiger partial charge in [0.2, 0.25) is 0 Å². The molecule has 4 aromatic rings. The minimum Gasteiger partial charge on any atom is -0.245 e. The van der Waals surface area contributed by atoms with Crippen molar-refractivity contribution in [3.63, 3.8) is 0 Å². The lowest BCUT2D eigenvalue weighted by Gasteiger charge is -2.12. The molecule has 0 N–H and O–H groups in total. The first kappa shape index (κ1) is 13.0. The van der Waals surface area contributed by atoms with E-state index in [1.54, 1.807) is 6.07 Å². The molecule has 2 heteroatoms. The molecule has 0 aliphatic rings. The van der Waals surface area contributed by atoms with E-state index in [1.807, 2.05) is 30.3 Å². The smallest absolute Gasteiger partial charge is 0.149 e. The van der Waals surface area contributed by atoms with Crippen LogP contribution in [0.2, 0.25) is 0 Å². The van der Waals surface area contributed by atoms with Gasteiger partial charge in [0.05, 0.1) is 5.52 Å². The molecule has 0 saturated heterocycles. The largest absolute Gasteiger partial charge is 0.245 e. The van der Waals surface area contributed by atoms with Crippen LogP contribution in [0.5, 0.6) is 0 Å². The van der Waals surface area contributed by atoms with Crippen LogP contribution in [0.1, 0.15) is 5.56 Å². The van der Waals surface area contributed by atoms with Gasteiger partial charge in [-0.3, -0.25) is 0 Å². The number of benzene rings is 3. The van der Waals surface area contributed by atoms with Crippen molar-refractivity contribution in [2.24, 2.45) is 0 Å². The first-order valence-corrected chi connectivity index (χ1v) is 7.28. The molecule has 106 valence electrons. The molecule has 0 spiro atoms. The second-order valence-electron chi connectivity index (χ2n) is 5.51. The van der Waals surface area contributed by atoms with Crippen molar-refractivity contribution in [1.82, 2.24) is 4.98 Å². The van der Waals surface area contributed by atoms with Crippen LogP contribution in [-0.2, 0) is 0 Å². The van der Waals surface area contributed by atoms with Gasteiger partial charge in [-0.1, -0.05) is 60.2 Å². The Balaban J connectivity index is 2.21. The maximum absolute atomic E-state index is 14.2. The molecule has 0 aliphatic carbocycles. The van der Waals surface area contributed by atoms with Gasteiger partial charge in [0, 0.05) is 16.3 Å². The molecule has 3 aromatic carbocycles. The zero-order chi connectivity index (χ0) is 15.1. The summed E-state index contributed by atoms with van der Waals surface area (Å²) in [6, 6.07) is 21.4. The molecule has 1 heterocycles. The molecule has 0 aliphatic heterocycles. The molecule has 0 atom stereocenters. The second-order valence-corrected chi connectivity index (χ2v) is 5.51.